The van der Waals surface area contributed by atoms with E-state index in [1.807, 2.05) is 13.8 Å². The van der Waals surface area contributed by atoms with E-state index >= 15 is 0 Å². The van der Waals surface area contributed by atoms with Gasteiger partial charge in [0.1, 0.15) is 5.75 Å². The van der Waals surface area contributed by atoms with Gasteiger partial charge in [-0.3, -0.25) is 9.52 Å². The molecule has 2 aromatic rings. The zero-order valence-corrected chi connectivity index (χ0v) is 15.1. The fourth-order valence-electron chi connectivity index (χ4n) is 2.94. The molecule has 0 unspecified atom stereocenters. The molecule has 1 aliphatic heterocycles. The van der Waals surface area contributed by atoms with Gasteiger partial charge < -0.3 is 10.1 Å². The molecule has 0 bridgehead atoms. The molecular weight excluding hydrogens is 340 g/mol. The third-order valence-corrected chi connectivity index (χ3v) is 5.64. The lowest BCUT2D eigenvalue weighted by Crippen LogP contribution is -2.32. The van der Waals surface area contributed by atoms with Crippen LogP contribution in [0.4, 0.5) is 11.4 Å². The first kappa shape index (κ1) is 17.3. The van der Waals surface area contributed by atoms with Crippen molar-refractivity contribution >= 4 is 27.3 Å². The number of methoxy groups -OCH3 is 1. The van der Waals surface area contributed by atoms with E-state index in [0.29, 0.717) is 23.5 Å². The Kier molecular flexibility index (Phi) is 4.20. The summed E-state index contributed by atoms with van der Waals surface area (Å²) in [5.74, 6) is 0.550. The van der Waals surface area contributed by atoms with Gasteiger partial charge in [0.2, 0.25) is 5.91 Å². The second-order valence-corrected chi connectivity index (χ2v) is 8.33. The highest BCUT2D eigenvalue weighted by molar-refractivity contribution is 7.92. The minimum atomic E-state index is -3.71. The topological polar surface area (TPSA) is 84.5 Å². The van der Waals surface area contributed by atoms with Crippen LogP contribution in [-0.2, 0) is 20.2 Å². The van der Waals surface area contributed by atoms with E-state index in [4.69, 9.17) is 4.74 Å². The largest absolute Gasteiger partial charge is 0.497 e. The van der Waals surface area contributed by atoms with Crippen LogP contribution in [0.3, 0.4) is 0 Å². The number of nitrogens with one attached hydrogen (secondary N) is 2. The van der Waals surface area contributed by atoms with Crippen LogP contribution < -0.4 is 14.8 Å². The van der Waals surface area contributed by atoms with E-state index in [9.17, 15) is 13.2 Å². The molecule has 0 saturated heterocycles. The molecule has 0 atom stereocenters. The summed E-state index contributed by atoms with van der Waals surface area (Å²) in [6, 6.07) is 11.3. The highest BCUT2D eigenvalue weighted by Gasteiger charge is 2.32. The van der Waals surface area contributed by atoms with E-state index in [2.05, 4.69) is 10.0 Å². The SMILES string of the molecule is COc1ccc(S(=O)(=O)Nc2ccc3c(c2)C(C)(C)CC(=O)N3)cc1. The van der Waals surface area contributed by atoms with Crippen molar-refractivity contribution in [2.45, 2.75) is 30.6 Å². The smallest absolute Gasteiger partial charge is 0.261 e. The van der Waals surface area contributed by atoms with Crippen molar-refractivity contribution in [3.63, 3.8) is 0 Å². The Hall–Kier alpha value is -2.54. The average molecular weight is 360 g/mol. The van der Waals surface area contributed by atoms with E-state index < -0.39 is 10.0 Å². The number of carbonyl (C=O) groups excluding carboxylic acids is 1. The minimum absolute atomic E-state index is 0.0379. The number of carbonyl (C=O) groups is 1. The fourth-order valence-corrected chi connectivity index (χ4v) is 3.99. The van der Waals surface area contributed by atoms with Crippen molar-refractivity contribution in [2.24, 2.45) is 0 Å². The van der Waals surface area contributed by atoms with Gasteiger partial charge in [-0.05, 0) is 48.0 Å². The van der Waals surface area contributed by atoms with Gasteiger partial charge in [0.25, 0.3) is 10.0 Å². The van der Waals surface area contributed by atoms with E-state index in [0.717, 1.165) is 5.56 Å². The summed E-state index contributed by atoms with van der Waals surface area (Å²) in [6.45, 7) is 3.93. The van der Waals surface area contributed by atoms with Gasteiger partial charge in [0, 0.05) is 23.2 Å². The van der Waals surface area contributed by atoms with Gasteiger partial charge in [-0.2, -0.15) is 0 Å². The van der Waals surface area contributed by atoms with Crippen LogP contribution in [0.15, 0.2) is 47.4 Å². The third-order valence-electron chi connectivity index (χ3n) is 4.25. The molecule has 2 aromatic carbocycles. The standard InChI is InChI=1S/C18H20N2O4S/c1-18(2)11-17(21)19-16-9-4-12(10-15(16)18)20-25(22,23)14-7-5-13(24-3)6-8-14/h4-10,20H,11H2,1-3H3,(H,19,21). The molecule has 6 nitrogen and oxygen atoms in total. The summed E-state index contributed by atoms with van der Waals surface area (Å²) in [6.07, 6.45) is 0.356. The Morgan fingerprint density at radius 3 is 2.44 bits per heavy atom. The zero-order chi connectivity index (χ0) is 18.2. The molecule has 0 aliphatic carbocycles. The molecular formula is C18H20N2O4S. The van der Waals surface area contributed by atoms with Gasteiger partial charge in [-0.15, -0.1) is 0 Å². The molecule has 1 heterocycles. The maximum absolute atomic E-state index is 12.6. The Balaban J connectivity index is 1.91. The number of ether oxygens (including phenoxy) is 1. The van der Waals surface area contributed by atoms with Crippen LogP contribution in [0, 0.1) is 0 Å². The predicted octanol–water partition coefficient (Wildman–Crippen LogP) is 3.12. The van der Waals surface area contributed by atoms with Crippen molar-refractivity contribution in [2.75, 3.05) is 17.1 Å². The summed E-state index contributed by atoms with van der Waals surface area (Å²) in [5, 5.41) is 2.82. The number of sulfonamides is 1. The molecule has 0 aromatic heterocycles. The average Bonchev–Trinajstić information content (AvgIpc) is 2.54. The second kappa shape index (κ2) is 6.07. The number of hydrogen-bond acceptors (Lipinski definition) is 4. The molecule has 2 N–H and O–H groups in total. The van der Waals surface area contributed by atoms with Crippen LogP contribution in [0.25, 0.3) is 0 Å². The van der Waals surface area contributed by atoms with Gasteiger partial charge in [0.05, 0.1) is 12.0 Å². The number of hydrogen-bond donors (Lipinski definition) is 2. The summed E-state index contributed by atoms with van der Waals surface area (Å²) < 4.78 is 32.8. The van der Waals surface area contributed by atoms with Crippen molar-refractivity contribution in [3.8, 4) is 5.75 Å². The normalized spacial score (nSPS) is 15.9. The summed E-state index contributed by atoms with van der Waals surface area (Å²) in [4.78, 5) is 11.9. The second-order valence-electron chi connectivity index (χ2n) is 6.65. The van der Waals surface area contributed by atoms with Crippen molar-refractivity contribution in [1.82, 2.24) is 0 Å². The maximum atomic E-state index is 12.6. The quantitative estimate of drug-likeness (QED) is 0.877. The highest BCUT2D eigenvalue weighted by atomic mass is 32.2. The predicted molar refractivity (Wildman–Crippen MR) is 96.5 cm³/mol. The molecule has 1 aliphatic rings. The number of anilines is 2. The van der Waals surface area contributed by atoms with Crippen molar-refractivity contribution in [1.29, 1.82) is 0 Å². The first-order chi connectivity index (χ1) is 11.7. The summed E-state index contributed by atoms with van der Waals surface area (Å²) in [5.41, 5.74) is 1.72. The minimum Gasteiger partial charge on any atom is -0.497 e. The van der Waals surface area contributed by atoms with Gasteiger partial charge in [0.15, 0.2) is 0 Å². The first-order valence-corrected chi connectivity index (χ1v) is 9.31. The Labute approximate surface area is 147 Å². The lowest BCUT2D eigenvalue weighted by Gasteiger charge is -2.32. The van der Waals surface area contributed by atoms with Gasteiger partial charge in [-0.1, -0.05) is 13.8 Å². The van der Waals surface area contributed by atoms with Crippen LogP contribution in [0.1, 0.15) is 25.8 Å². The lowest BCUT2D eigenvalue weighted by atomic mass is 9.78. The molecule has 25 heavy (non-hydrogen) atoms. The van der Waals surface area contributed by atoms with Crippen molar-refractivity contribution in [3.05, 3.63) is 48.0 Å². The third kappa shape index (κ3) is 3.46. The number of amides is 1. The van der Waals surface area contributed by atoms with E-state index in [-0.39, 0.29) is 16.2 Å². The first-order valence-electron chi connectivity index (χ1n) is 7.82. The monoisotopic (exact) mass is 360 g/mol. The zero-order valence-electron chi connectivity index (χ0n) is 14.3. The van der Waals surface area contributed by atoms with E-state index in [1.165, 1.54) is 19.2 Å². The molecule has 0 saturated carbocycles. The Bertz CT molecular complexity index is 919. The molecule has 0 fully saturated rings. The molecule has 7 heteroatoms. The molecule has 132 valence electrons. The Morgan fingerprint density at radius 2 is 1.80 bits per heavy atom. The molecule has 0 radical (unpaired) electrons. The van der Waals surface area contributed by atoms with Gasteiger partial charge >= 0.3 is 0 Å². The van der Waals surface area contributed by atoms with Crippen LogP contribution in [0.5, 0.6) is 5.75 Å². The number of rotatable bonds is 4. The molecule has 0 spiro atoms. The Morgan fingerprint density at radius 1 is 1.12 bits per heavy atom. The van der Waals surface area contributed by atoms with E-state index in [1.54, 1.807) is 30.3 Å². The van der Waals surface area contributed by atoms with Crippen molar-refractivity contribution < 1.29 is 17.9 Å². The van der Waals surface area contributed by atoms with Crippen LogP contribution in [-0.4, -0.2) is 21.4 Å². The lowest BCUT2D eigenvalue weighted by molar-refractivity contribution is -0.117. The fraction of sp³-hybridized carbons (Fsp3) is 0.278. The highest BCUT2D eigenvalue weighted by Crippen LogP contribution is 2.38. The van der Waals surface area contributed by atoms with Crippen LogP contribution >= 0.6 is 0 Å². The summed E-state index contributed by atoms with van der Waals surface area (Å²) >= 11 is 0. The number of fused-ring (bicyclic) bond motifs is 1. The van der Waals surface area contributed by atoms with Crippen LogP contribution in [0.2, 0.25) is 0 Å². The van der Waals surface area contributed by atoms with Gasteiger partial charge in [-0.25, -0.2) is 8.42 Å². The molecule has 1 amide bonds. The number of benzene rings is 2. The molecule has 3 rings (SSSR count). The maximum Gasteiger partial charge on any atom is 0.261 e. The summed E-state index contributed by atoms with van der Waals surface area (Å²) in [7, 11) is -2.18.